The molecule has 0 atom stereocenters. The highest BCUT2D eigenvalue weighted by Crippen LogP contribution is 2.15. The maximum Gasteiger partial charge on any atom is 0.181 e. The second kappa shape index (κ2) is 10.4. The molecule has 2 nitrogen and oxygen atoms in total. The van der Waals surface area contributed by atoms with Gasteiger partial charge in [0, 0.05) is 0 Å². The van der Waals surface area contributed by atoms with Crippen molar-refractivity contribution in [1.29, 1.82) is 0 Å². The highest BCUT2D eigenvalue weighted by Gasteiger charge is 2.12. The molecule has 3 heteroatoms. The van der Waals surface area contributed by atoms with Gasteiger partial charge in [-0.25, -0.2) is 8.42 Å². The first-order valence-electron chi connectivity index (χ1n) is 8.95. The predicted molar refractivity (Wildman–Crippen MR) is 109 cm³/mol. The number of allylic oxidation sites excluding steroid dienone is 5. The molecule has 25 heavy (non-hydrogen) atoms. The predicted octanol–water partition coefficient (Wildman–Crippen LogP) is 6.19. The average Bonchev–Trinajstić information content (AvgIpc) is 2.53. The summed E-state index contributed by atoms with van der Waals surface area (Å²) in [5, 5.41) is 0. The first-order valence-corrected chi connectivity index (χ1v) is 10.6. The molecule has 0 aliphatic heterocycles. The first-order chi connectivity index (χ1) is 11.7. The van der Waals surface area contributed by atoms with Crippen molar-refractivity contribution in [3.05, 3.63) is 64.8 Å². The van der Waals surface area contributed by atoms with E-state index in [0.29, 0.717) is 4.90 Å². The van der Waals surface area contributed by atoms with Crippen LogP contribution in [0.3, 0.4) is 0 Å². The third-order valence-corrected chi connectivity index (χ3v) is 5.75. The van der Waals surface area contributed by atoms with Crippen molar-refractivity contribution in [2.75, 3.05) is 5.75 Å². The van der Waals surface area contributed by atoms with Crippen molar-refractivity contribution in [2.24, 2.45) is 0 Å². The topological polar surface area (TPSA) is 34.1 Å². The Balaban J connectivity index is 2.50. The van der Waals surface area contributed by atoms with Crippen molar-refractivity contribution >= 4 is 9.84 Å². The third-order valence-electron chi connectivity index (χ3n) is 4.15. The van der Waals surface area contributed by atoms with Gasteiger partial charge in [-0.2, -0.15) is 0 Å². The van der Waals surface area contributed by atoms with E-state index in [2.05, 4.69) is 32.9 Å². The number of benzene rings is 1. The van der Waals surface area contributed by atoms with E-state index >= 15 is 0 Å². The molecule has 0 saturated carbocycles. The van der Waals surface area contributed by atoms with E-state index in [0.717, 1.165) is 36.8 Å². The lowest BCUT2D eigenvalue weighted by Gasteiger charge is -2.04. The van der Waals surface area contributed by atoms with Crippen molar-refractivity contribution in [2.45, 2.75) is 65.2 Å². The van der Waals surface area contributed by atoms with Gasteiger partial charge < -0.3 is 0 Å². The fourth-order valence-corrected chi connectivity index (χ4v) is 3.68. The number of aryl methyl sites for hydroxylation is 1. The standard InChI is InChI=1S/C22H32O2S/c1-18(2)8-6-9-19(3)10-7-11-20(4)16-17-25(23,24)22-14-12-21(5)13-15-22/h8,10,12-16H,6-7,9,11,17H2,1-5H3/b19-10?,20-16+. The number of hydrogen-bond donors (Lipinski definition) is 0. The minimum Gasteiger partial charge on any atom is -0.223 e. The van der Waals surface area contributed by atoms with Crippen molar-refractivity contribution in [3.8, 4) is 0 Å². The molecule has 138 valence electrons. The van der Waals surface area contributed by atoms with E-state index in [-0.39, 0.29) is 5.75 Å². The third kappa shape index (κ3) is 8.87. The molecular weight excluding hydrogens is 328 g/mol. The molecule has 0 radical (unpaired) electrons. The second-order valence-corrected chi connectivity index (χ2v) is 9.09. The van der Waals surface area contributed by atoms with Crippen LogP contribution in [-0.2, 0) is 9.84 Å². The Bertz CT molecular complexity index is 729. The second-order valence-electron chi connectivity index (χ2n) is 7.05. The molecule has 1 rings (SSSR count). The Hall–Kier alpha value is -1.61. The molecule has 0 aliphatic carbocycles. The van der Waals surface area contributed by atoms with E-state index in [4.69, 9.17) is 0 Å². The summed E-state index contributed by atoms with van der Waals surface area (Å²) in [5.41, 5.74) is 4.96. The molecule has 1 aromatic rings. The molecule has 0 bridgehead atoms. The Labute approximate surface area is 154 Å². The quantitative estimate of drug-likeness (QED) is 0.492. The Morgan fingerprint density at radius 3 is 1.92 bits per heavy atom. The summed E-state index contributed by atoms with van der Waals surface area (Å²) >= 11 is 0. The Morgan fingerprint density at radius 2 is 1.36 bits per heavy atom. The van der Waals surface area contributed by atoms with Gasteiger partial charge in [0.25, 0.3) is 0 Å². The van der Waals surface area contributed by atoms with Crippen LogP contribution in [0.25, 0.3) is 0 Å². The maximum absolute atomic E-state index is 12.3. The van der Waals surface area contributed by atoms with Crippen molar-refractivity contribution < 1.29 is 8.42 Å². The van der Waals surface area contributed by atoms with Crippen LogP contribution in [-0.4, -0.2) is 14.2 Å². The van der Waals surface area contributed by atoms with Crippen LogP contribution in [0.15, 0.2) is 64.1 Å². The number of rotatable bonds is 9. The van der Waals surface area contributed by atoms with Crippen LogP contribution >= 0.6 is 0 Å². The minimum absolute atomic E-state index is 0.0746. The summed E-state index contributed by atoms with van der Waals surface area (Å²) < 4.78 is 24.7. The van der Waals surface area contributed by atoms with E-state index < -0.39 is 9.84 Å². The van der Waals surface area contributed by atoms with Crippen molar-refractivity contribution in [3.63, 3.8) is 0 Å². The fraction of sp³-hybridized carbons (Fsp3) is 0.455. The minimum atomic E-state index is -3.23. The maximum atomic E-state index is 12.3. The summed E-state index contributed by atoms with van der Waals surface area (Å²) in [4.78, 5) is 0.400. The van der Waals surface area contributed by atoms with Gasteiger partial charge in [0.05, 0.1) is 10.6 Å². The molecule has 0 spiro atoms. The van der Waals surface area contributed by atoms with E-state index in [1.807, 2.05) is 32.1 Å². The lowest BCUT2D eigenvalue weighted by atomic mass is 10.1. The SMILES string of the molecule is CC(C)=CCCC(C)=CCC/C(C)=C/CS(=O)(=O)c1ccc(C)cc1. The summed E-state index contributed by atoms with van der Waals surface area (Å²) in [6, 6.07) is 7.05. The summed E-state index contributed by atoms with van der Waals surface area (Å²) in [5.74, 6) is 0.0746. The fourth-order valence-electron chi connectivity index (χ4n) is 2.43. The van der Waals surface area contributed by atoms with Gasteiger partial charge >= 0.3 is 0 Å². The molecule has 1 aromatic carbocycles. The molecule has 0 fully saturated rings. The molecule has 0 aliphatic rings. The molecule has 0 unspecified atom stereocenters. The van der Waals surface area contributed by atoms with E-state index in [1.165, 1.54) is 11.1 Å². The molecule has 0 heterocycles. The summed E-state index contributed by atoms with van der Waals surface area (Å²) in [6.45, 7) is 10.4. The Kier molecular flexibility index (Phi) is 8.91. The monoisotopic (exact) mass is 360 g/mol. The molecule has 0 amide bonds. The van der Waals surface area contributed by atoms with E-state index in [9.17, 15) is 8.42 Å². The van der Waals surface area contributed by atoms with Crippen molar-refractivity contribution in [1.82, 2.24) is 0 Å². The van der Waals surface area contributed by atoms with Gasteiger partial charge in [0.1, 0.15) is 0 Å². The molecule has 0 saturated heterocycles. The van der Waals surface area contributed by atoms with Gasteiger partial charge in [0.2, 0.25) is 0 Å². The smallest absolute Gasteiger partial charge is 0.181 e. The zero-order chi connectivity index (χ0) is 18.9. The van der Waals surface area contributed by atoms with Crippen LogP contribution in [0.1, 0.15) is 58.9 Å². The lowest BCUT2D eigenvalue weighted by molar-refractivity contribution is 0.599. The Morgan fingerprint density at radius 1 is 0.840 bits per heavy atom. The molecule has 0 aromatic heterocycles. The molecular formula is C22H32O2S. The van der Waals surface area contributed by atoms with Crippen LogP contribution in [0.5, 0.6) is 0 Å². The number of sulfone groups is 1. The average molecular weight is 361 g/mol. The summed E-state index contributed by atoms with van der Waals surface area (Å²) in [7, 11) is -3.23. The molecule has 0 N–H and O–H groups in total. The van der Waals surface area contributed by atoms with Gasteiger partial charge in [-0.05, 0) is 72.4 Å². The number of hydrogen-bond acceptors (Lipinski definition) is 2. The van der Waals surface area contributed by atoms with Gasteiger partial charge in [-0.15, -0.1) is 0 Å². The normalized spacial score (nSPS) is 13.0. The zero-order valence-corrected chi connectivity index (χ0v) is 17.1. The van der Waals surface area contributed by atoms with Gasteiger partial charge in [-0.3, -0.25) is 0 Å². The van der Waals surface area contributed by atoms with E-state index in [1.54, 1.807) is 12.1 Å². The van der Waals surface area contributed by atoms with Crippen LogP contribution in [0.4, 0.5) is 0 Å². The summed E-state index contributed by atoms with van der Waals surface area (Å²) in [6.07, 6.45) is 10.4. The highest BCUT2D eigenvalue weighted by molar-refractivity contribution is 7.91. The highest BCUT2D eigenvalue weighted by atomic mass is 32.2. The zero-order valence-electron chi connectivity index (χ0n) is 16.3. The van der Waals surface area contributed by atoms with Gasteiger partial charge in [-0.1, -0.05) is 52.6 Å². The first kappa shape index (κ1) is 21.4. The lowest BCUT2D eigenvalue weighted by Crippen LogP contribution is -2.05. The van der Waals surface area contributed by atoms with Crippen LogP contribution in [0, 0.1) is 6.92 Å². The van der Waals surface area contributed by atoms with Crippen LogP contribution in [0.2, 0.25) is 0 Å². The largest absolute Gasteiger partial charge is 0.223 e. The van der Waals surface area contributed by atoms with Gasteiger partial charge in [0.15, 0.2) is 9.84 Å². The van der Waals surface area contributed by atoms with Crippen LogP contribution < -0.4 is 0 Å².